The molecule has 1 N–H and O–H groups in total. The lowest BCUT2D eigenvalue weighted by atomic mass is 9.79. The fourth-order valence-electron chi connectivity index (χ4n) is 1.86. The molecule has 1 aliphatic heterocycles. The van der Waals surface area contributed by atoms with Crippen LogP contribution in [-0.2, 0) is 9.53 Å². The maximum absolute atomic E-state index is 11.4. The molecule has 1 fully saturated rings. The van der Waals surface area contributed by atoms with Gasteiger partial charge in [-0.2, -0.15) is 0 Å². The highest BCUT2D eigenvalue weighted by molar-refractivity contribution is 5.99. The van der Waals surface area contributed by atoms with Crippen LogP contribution < -0.4 is 0 Å². The van der Waals surface area contributed by atoms with Crippen LogP contribution in [0.4, 0.5) is 0 Å². The van der Waals surface area contributed by atoms with Crippen molar-refractivity contribution in [2.45, 2.75) is 32.0 Å². The van der Waals surface area contributed by atoms with E-state index in [0.29, 0.717) is 12.2 Å². The third kappa shape index (κ3) is 1.32. The molecule has 2 aliphatic rings. The number of epoxide rings is 1. The Morgan fingerprint density at radius 1 is 1.69 bits per heavy atom. The molecule has 0 aromatic carbocycles. The van der Waals surface area contributed by atoms with Gasteiger partial charge in [-0.25, -0.2) is 0 Å². The molecule has 1 aliphatic carbocycles. The van der Waals surface area contributed by atoms with Crippen molar-refractivity contribution in [3.8, 4) is 0 Å². The summed E-state index contributed by atoms with van der Waals surface area (Å²) in [5.74, 6) is -0.198. The van der Waals surface area contributed by atoms with E-state index in [2.05, 4.69) is 0 Å². The molecule has 1 heterocycles. The van der Waals surface area contributed by atoms with E-state index in [1.807, 2.05) is 13.0 Å². The minimum atomic E-state index is -0.863. The molecule has 0 aromatic rings. The van der Waals surface area contributed by atoms with Gasteiger partial charge in [-0.3, -0.25) is 4.79 Å². The van der Waals surface area contributed by atoms with E-state index in [4.69, 9.17) is 4.74 Å². The van der Waals surface area contributed by atoms with Crippen LogP contribution in [-0.4, -0.2) is 29.2 Å². The molecule has 13 heavy (non-hydrogen) atoms. The Balaban J connectivity index is 2.20. The van der Waals surface area contributed by atoms with Crippen molar-refractivity contribution in [1.82, 2.24) is 0 Å². The molecule has 2 rings (SSSR count). The van der Waals surface area contributed by atoms with Gasteiger partial charge in [0, 0.05) is 5.92 Å². The Labute approximate surface area is 77.4 Å². The standard InChI is InChI=1S/C10H14O3/c1-6-3-4-7(9(12)8(6)11)10(2)5-13-10/h3,7,9,12H,4-5H2,1-2H3/t7-,9?,10?/m1/s1. The number of carbonyl (C=O) groups is 1. The van der Waals surface area contributed by atoms with Gasteiger partial charge in [-0.1, -0.05) is 6.08 Å². The van der Waals surface area contributed by atoms with Crippen molar-refractivity contribution in [2.24, 2.45) is 5.92 Å². The maximum atomic E-state index is 11.4. The number of hydrogen-bond donors (Lipinski definition) is 1. The second-order valence-corrected chi connectivity index (χ2v) is 4.14. The Kier molecular flexibility index (Phi) is 1.82. The smallest absolute Gasteiger partial charge is 0.187 e. The lowest BCUT2D eigenvalue weighted by molar-refractivity contribution is -0.128. The minimum Gasteiger partial charge on any atom is -0.385 e. The normalized spacial score (nSPS) is 44.5. The molecule has 3 nitrogen and oxygen atoms in total. The van der Waals surface area contributed by atoms with E-state index >= 15 is 0 Å². The second-order valence-electron chi connectivity index (χ2n) is 4.14. The van der Waals surface area contributed by atoms with Crippen LogP contribution in [0.1, 0.15) is 20.3 Å². The average Bonchev–Trinajstić information content (AvgIpc) is 2.80. The summed E-state index contributed by atoms with van der Waals surface area (Å²) in [4.78, 5) is 11.4. The summed E-state index contributed by atoms with van der Waals surface area (Å²) in [6.07, 6.45) is 1.78. The summed E-state index contributed by atoms with van der Waals surface area (Å²) in [5.41, 5.74) is 0.416. The maximum Gasteiger partial charge on any atom is 0.187 e. The molecule has 0 aromatic heterocycles. The Morgan fingerprint density at radius 2 is 2.31 bits per heavy atom. The van der Waals surface area contributed by atoms with Gasteiger partial charge in [0.2, 0.25) is 0 Å². The largest absolute Gasteiger partial charge is 0.385 e. The first kappa shape index (κ1) is 8.91. The number of ether oxygens (including phenoxy) is 1. The number of hydrogen-bond acceptors (Lipinski definition) is 3. The predicted molar refractivity (Wildman–Crippen MR) is 47.2 cm³/mol. The van der Waals surface area contributed by atoms with Gasteiger partial charge >= 0.3 is 0 Å². The molecule has 0 amide bonds. The summed E-state index contributed by atoms with van der Waals surface area (Å²) in [6, 6.07) is 0. The first-order valence-electron chi connectivity index (χ1n) is 4.57. The third-order valence-electron chi connectivity index (χ3n) is 3.10. The van der Waals surface area contributed by atoms with Gasteiger partial charge in [0.25, 0.3) is 0 Å². The first-order valence-corrected chi connectivity index (χ1v) is 4.57. The van der Waals surface area contributed by atoms with E-state index in [-0.39, 0.29) is 17.3 Å². The van der Waals surface area contributed by atoms with Crippen molar-refractivity contribution in [2.75, 3.05) is 6.61 Å². The highest BCUT2D eigenvalue weighted by atomic mass is 16.6. The molecule has 3 atom stereocenters. The molecule has 0 saturated carbocycles. The van der Waals surface area contributed by atoms with E-state index < -0.39 is 6.10 Å². The van der Waals surface area contributed by atoms with Gasteiger partial charge in [0.05, 0.1) is 12.2 Å². The van der Waals surface area contributed by atoms with Crippen LogP contribution in [0.25, 0.3) is 0 Å². The topological polar surface area (TPSA) is 49.8 Å². The quantitative estimate of drug-likeness (QED) is 0.606. The van der Waals surface area contributed by atoms with Crippen LogP contribution in [0.5, 0.6) is 0 Å². The summed E-state index contributed by atoms with van der Waals surface area (Å²) < 4.78 is 5.25. The molecule has 2 unspecified atom stereocenters. The van der Waals surface area contributed by atoms with Gasteiger partial charge < -0.3 is 9.84 Å². The number of aliphatic hydroxyl groups excluding tert-OH is 1. The number of aliphatic hydroxyl groups is 1. The fraction of sp³-hybridized carbons (Fsp3) is 0.700. The van der Waals surface area contributed by atoms with E-state index in [1.165, 1.54) is 0 Å². The zero-order chi connectivity index (χ0) is 9.64. The van der Waals surface area contributed by atoms with Crippen LogP contribution in [0.2, 0.25) is 0 Å². The zero-order valence-corrected chi connectivity index (χ0v) is 7.91. The molecule has 0 radical (unpaired) electrons. The molecule has 1 saturated heterocycles. The van der Waals surface area contributed by atoms with Gasteiger partial charge in [-0.05, 0) is 25.8 Å². The Hall–Kier alpha value is -0.670. The Bertz CT molecular complexity index is 276. The van der Waals surface area contributed by atoms with Gasteiger partial charge in [-0.15, -0.1) is 0 Å². The number of ketones is 1. The predicted octanol–water partition coefficient (Wildman–Crippen LogP) is 0.671. The van der Waals surface area contributed by atoms with Gasteiger partial charge in [0.1, 0.15) is 6.10 Å². The lowest BCUT2D eigenvalue weighted by Gasteiger charge is -2.28. The van der Waals surface area contributed by atoms with E-state index in [1.54, 1.807) is 6.92 Å². The van der Waals surface area contributed by atoms with Crippen LogP contribution >= 0.6 is 0 Å². The summed E-state index contributed by atoms with van der Waals surface area (Å²) in [7, 11) is 0. The number of rotatable bonds is 1. The van der Waals surface area contributed by atoms with Crippen LogP contribution in [0, 0.1) is 5.92 Å². The van der Waals surface area contributed by atoms with Crippen LogP contribution in [0.15, 0.2) is 11.6 Å². The van der Waals surface area contributed by atoms with E-state index in [9.17, 15) is 9.90 Å². The van der Waals surface area contributed by atoms with Crippen LogP contribution in [0.3, 0.4) is 0 Å². The number of carbonyl (C=O) groups excluding carboxylic acids is 1. The van der Waals surface area contributed by atoms with Crippen molar-refractivity contribution < 1.29 is 14.6 Å². The van der Waals surface area contributed by atoms with Crippen molar-refractivity contribution in [1.29, 1.82) is 0 Å². The van der Waals surface area contributed by atoms with Crippen molar-refractivity contribution >= 4 is 5.78 Å². The highest BCUT2D eigenvalue weighted by Gasteiger charge is 2.52. The fourth-order valence-corrected chi connectivity index (χ4v) is 1.86. The summed E-state index contributed by atoms with van der Waals surface area (Å²) >= 11 is 0. The molecule has 0 spiro atoms. The Morgan fingerprint density at radius 3 is 2.85 bits per heavy atom. The highest BCUT2D eigenvalue weighted by Crippen LogP contribution is 2.41. The minimum absolute atomic E-state index is 0.0521. The first-order chi connectivity index (χ1) is 6.04. The molecule has 72 valence electrons. The SMILES string of the molecule is CC1=CC[C@@H](C2(C)CO2)C(O)C1=O. The van der Waals surface area contributed by atoms with Crippen molar-refractivity contribution in [3.63, 3.8) is 0 Å². The average molecular weight is 182 g/mol. The van der Waals surface area contributed by atoms with E-state index in [0.717, 1.165) is 6.42 Å². The summed E-state index contributed by atoms with van der Waals surface area (Å²) in [6.45, 7) is 4.36. The van der Waals surface area contributed by atoms with Gasteiger partial charge in [0.15, 0.2) is 5.78 Å². The number of Topliss-reactive ketones (excluding diaryl/α,β-unsaturated/α-hetero) is 1. The molecular formula is C10H14O3. The summed E-state index contributed by atoms with van der Waals surface area (Å²) in [5, 5.41) is 9.71. The molecule has 0 bridgehead atoms. The lowest BCUT2D eigenvalue weighted by Crippen LogP contribution is -2.40. The monoisotopic (exact) mass is 182 g/mol. The second kappa shape index (κ2) is 2.66. The number of allylic oxidation sites excluding steroid dienone is 1. The molecular weight excluding hydrogens is 168 g/mol. The molecule has 3 heteroatoms. The van der Waals surface area contributed by atoms with Crippen molar-refractivity contribution in [3.05, 3.63) is 11.6 Å². The third-order valence-corrected chi connectivity index (χ3v) is 3.10. The zero-order valence-electron chi connectivity index (χ0n) is 7.91.